The summed E-state index contributed by atoms with van der Waals surface area (Å²) in [5.74, 6) is -1.30. The van der Waals surface area contributed by atoms with E-state index in [9.17, 15) is 19.7 Å². The van der Waals surface area contributed by atoms with Crippen LogP contribution in [0.5, 0.6) is 0 Å². The molecule has 1 fully saturated rings. The summed E-state index contributed by atoms with van der Waals surface area (Å²) < 4.78 is 22.3. The number of carbonyl (C=O) groups is 2. The van der Waals surface area contributed by atoms with Gasteiger partial charge < -0.3 is 24.3 Å². The second kappa shape index (κ2) is 17.1. The molecule has 11 heteroatoms. The van der Waals surface area contributed by atoms with Gasteiger partial charge >= 0.3 is 11.9 Å². The minimum absolute atomic E-state index is 0.0762. The summed E-state index contributed by atoms with van der Waals surface area (Å²) in [5, 5.41) is 14.8. The minimum Gasteiger partial charge on any atom is -0.466 e. The molecule has 0 aliphatic carbocycles. The molecule has 1 N–H and O–H groups in total. The average Bonchev–Trinajstić information content (AvgIpc) is 3.07. The molecule has 2 aromatic carbocycles. The van der Waals surface area contributed by atoms with Gasteiger partial charge in [-0.2, -0.15) is 0 Å². The van der Waals surface area contributed by atoms with Gasteiger partial charge in [0.05, 0.1) is 42.3 Å². The van der Waals surface area contributed by atoms with Crippen molar-refractivity contribution in [2.24, 2.45) is 0 Å². The van der Waals surface area contributed by atoms with Gasteiger partial charge in [0, 0.05) is 40.8 Å². The molecule has 0 aromatic heterocycles. The van der Waals surface area contributed by atoms with Crippen molar-refractivity contribution < 1.29 is 33.5 Å². The zero-order valence-corrected chi connectivity index (χ0v) is 27.0. The van der Waals surface area contributed by atoms with Crippen LogP contribution in [0.2, 0.25) is 0 Å². The van der Waals surface area contributed by atoms with E-state index in [4.69, 9.17) is 18.9 Å². The van der Waals surface area contributed by atoms with Crippen molar-refractivity contribution >= 4 is 29.4 Å². The highest BCUT2D eigenvalue weighted by molar-refractivity contribution is 7.99. The monoisotopic (exact) mass is 638 g/mol. The van der Waals surface area contributed by atoms with E-state index in [2.05, 4.69) is 29.6 Å². The van der Waals surface area contributed by atoms with Crippen LogP contribution in [0.1, 0.15) is 69.4 Å². The van der Waals surface area contributed by atoms with Gasteiger partial charge in [-0.1, -0.05) is 38.1 Å². The molecule has 242 valence electrons. The first-order valence-electron chi connectivity index (χ1n) is 15.5. The van der Waals surface area contributed by atoms with Crippen molar-refractivity contribution in [1.29, 1.82) is 0 Å². The van der Waals surface area contributed by atoms with Crippen molar-refractivity contribution in [3.05, 3.63) is 92.3 Å². The number of carbonyl (C=O) groups excluding carboxylic acids is 2. The molecule has 45 heavy (non-hydrogen) atoms. The molecule has 2 aliphatic heterocycles. The molecule has 0 radical (unpaired) electrons. The summed E-state index contributed by atoms with van der Waals surface area (Å²) in [7, 11) is 1.28. The molecule has 1 saturated heterocycles. The Labute approximate surface area is 268 Å². The first-order chi connectivity index (χ1) is 21.9. The van der Waals surface area contributed by atoms with E-state index in [0.717, 1.165) is 42.9 Å². The Morgan fingerprint density at radius 3 is 2.40 bits per heavy atom. The van der Waals surface area contributed by atoms with E-state index in [1.54, 1.807) is 23.9 Å². The predicted molar refractivity (Wildman–Crippen MR) is 172 cm³/mol. The highest BCUT2D eigenvalue weighted by atomic mass is 32.2. The molecular weight excluding hydrogens is 596 g/mol. The Balaban J connectivity index is 1.36. The molecule has 0 bridgehead atoms. The lowest BCUT2D eigenvalue weighted by Gasteiger charge is -2.32. The van der Waals surface area contributed by atoms with Crippen molar-refractivity contribution in [3.63, 3.8) is 0 Å². The Hall–Kier alpha value is -3.67. The van der Waals surface area contributed by atoms with Gasteiger partial charge in [0.2, 0.25) is 0 Å². The number of hydrogen-bond acceptors (Lipinski definition) is 10. The molecule has 0 saturated carbocycles. The number of non-ortho nitro benzene ring substituents is 1. The first-order valence-corrected chi connectivity index (χ1v) is 16.5. The summed E-state index contributed by atoms with van der Waals surface area (Å²) in [6.07, 6.45) is 5.54. The van der Waals surface area contributed by atoms with Crippen LogP contribution in [0.3, 0.4) is 0 Å². The molecule has 2 atom stereocenters. The van der Waals surface area contributed by atoms with Gasteiger partial charge in [-0.3, -0.25) is 10.1 Å². The Kier molecular flexibility index (Phi) is 13.0. The van der Waals surface area contributed by atoms with Crippen LogP contribution in [0.4, 0.5) is 5.69 Å². The summed E-state index contributed by atoms with van der Waals surface area (Å²) in [5.41, 5.74) is 3.26. The van der Waals surface area contributed by atoms with E-state index < -0.39 is 22.8 Å². The Morgan fingerprint density at radius 1 is 1.02 bits per heavy atom. The summed E-state index contributed by atoms with van der Waals surface area (Å²) >= 11 is 1.68. The molecule has 2 heterocycles. The van der Waals surface area contributed by atoms with E-state index in [-0.39, 0.29) is 29.7 Å². The van der Waals surface area contributed by atoms with Crippen LogP contribution in [0, 0.1) is 10.1 Å². The fraction of sp³-hybridized carbons (Fsp3) is 0.471. The molecule has 4 rings (SSSR count). The zero-order valence-electron chi connectivity index (χ0n) is 26.2. The molecule has 0 spiro atoms. The molecule has 2 aliphatic rings. The fourth-order valence-electron chi connectivity index (χ4n) is 5.51. The maximum atomic E-state index is 13.6. The van der Waals surface area contributed by atoms with Crippen LogP contribution >= 0.6 is 11.8 Å². The third-order valence-corrected chi connectivity index (χ3v) is 8.92. The van der Waals surface area contributed by atoms with Gasteiger partial charge in [0.25, 0.3) is 5.69 Å². The van der Waals surface area contributed by atoms with Crippen molar-refractivity contribution in [2.45, 2.75) is 75.9 Å². The van der Waals surface area contributed by atoms with Crippen LogP contribution < -0.4 is 5.32 Å². The van der Waals surface area contributed by atoms with Crippen LogP contribution in [0.25, 0.3) is 0 Å². The topological polar surface area (TPSA) is 126 Å². The highest BCUT2D eigenvalue weighted by Gasteiger charge is 2.39. The normalized spacial score (nSPS) is 18.4. The molecule has 2 unspecified atom stereocenters. The van der Waals surface area contributed by atoms with Crippen LogP contribution in [-0.4, -0.2) is 55.8 Å². The number of methoxy groups -OCH3 is 1. The fourth-order valence-corrected chi connectivity index (χ4v) is 6.33. The molecule has 10 nitrogen and oxygen atoms in total. The molecule has 2 aromatic rings. The number of esters is 2. The van der Waals surface area contributed by atoms with Crippen LogP contribution in [0.15, 0.2) is 76.0 Å². The maximum absolute atomic E-state index is 13.6. The van der Waals surface area contributed by atoms with Gasteiger partial charge in [0.15, 0.2) is 6.29 Å². The van der Waals surface area contributed by atoms with Gasteiger partial charge in [0.1, 0.15) is 0 Å². The maximum Gasteiger partial charge on any atom is 0.336 e. The number of nitrogens with zero attached hydrogens (tertiary/aromatic N) is 1. The average molecular weight is 639 g/mol. The largest absolute Gasteiger partial charge is 0.466 e. The number of hydrogen-bond donors (Lipinski definition) is 1. The number of nitro groups is 1. The van der Waals surface area contributed by atoms with Crippen LogP contribution in [-0.2, 0) is 35.0 Å². The van der Waals surface area contributed by atoms with Gasteiger partial charge in [-0.05, 0) is 68.2 Å². The molecule has 0 amide bonds. The summed E-state index contributed by atoms with van der Waals surface area (Å²) in [6, 6.07) is 14.4. The van der Waals surface area contributed by atoms with E-state index in [1.165, 1.54) is 24.8 Å². The van der Waals surface area contributed by atoms with Crippen molar-refractivity contribution in [2.75, 3.05) is 32.7 Å². The second-order valence-corrected chi connectivity index (χ2v) is 12.0. The Morgan fingerprint density at radius 2 is 1.76 bits per heavy atom. The van der Waals surface area contributed by atoms with Crippen molar-refractivity contribution in [1.82, 2.24) is 5.32 Å². The number of dihydropyridines is 1. The Bertz CT molecular complexity index is 1400. The summed E-state index contributed by atoms with van der Waals surface area (Å²) in [6.45, 7) is 5.38. The molecular formula is C34H42N2O8S. The third-order valence-electron chi connectivity index (χ3n) is 7.82. The first kappa shape index (κ1) is 34.2. The number of allylic oxidation sites excluding steroid dienone is 2. The van der Waals surface area contributed by atoms with E-state index >= 15 is 0 Å². The SMILES string of the molecule is CCC1=C(C(=O)OC)C(c2cccc([N+](=O)[O-])c2)C(C(=O)OCCCSc2ccc(CCOC3CCCCO3)cc2)=C(CC)N1. The second-order valence-electron chi connectivity index (χ2n) is 10.8. The minimum atomic E-state index is -0.871. The number of ether oxygens (including phenoxy) is 4. The van der Waals surface area contributed by atoms with Gasteiger partial charge in [-0.15, -0.1) is 11.8 Å². The van der Waals surface area contributed by atoms with E-state index in [1.807, 2.05) is 13.8 Å². The standard InChI is InChI=1S/C34H42N2O8S/c1-4-27-31(33(37)41-3)30(24-10-8-11-25(22-24)36(39)40)32(28(5-2)35-27)34(38)44-19-9-21-45-26-15-13-23(14-16-26)17-20-43-29-12-6-7-18-42-29/h8,10-11,13-16,22,29-30,35H,4-7,9,12,17-21H2,1-3H3. The highest BCUT2D eigenvalue weighted by Crippen LogP contribution is 2.41. The third kappa shape index (κ3) is 9.18. The zero-order chi connectivity index (χ0) is 32.2. The van der Waals surface area contributed by atoms with Crippen molar-refractivity contribution in [3.8, 4) is 0 Å². The lowest BCUT2D eigenvalue weighted by atomic mass is 9.79. The quantitative estimate of drug-likeness (QED) is 0.0750. The number of thioether (sulfide) groups is 1. The predicted octanol–water partition coefficient (Wildman–Crippen LogP) is 6.59. The van der Waals surface area contributed by atoms with E-state index in [0.29, 0.717) is 42.8 Å². The number of benzene rings is 2. The smallest absolute Gasteiger partial charge is 0.336 e. The lowest BCUT2D eigenvalue weighted by molar-refractivity contribution is -0.384. The van der Waals surface area contributed by atoms with Gasteiger partial charge in [-0.25, -0.2) is 9.59 Å². The summed E-state index contributed by atoms with van der Waals surface area (Å²) in [4.78, 5) is 38.8. The lowest BCUT2D eigenvalue weighted by Crippen LogP contribution is -2.33. The number of nitro benzene ring substituents is 1. The number of nitrogens with one attached hydrogen (secondary N) is 1. The number of rotatable bonds is 15.